The number of nitrogens with one attached hydrogen (secondary N) is 1. The van der Waals surface area contributed by atoms with Gasteiger partial charge in [-0.2, -0.15) is 0 Å². The summed E-state index contributed by atoms with van der Waals surface area (Å²) in [6, 6.07) is 2.70. The van der Waals surface area contributed by atoms with Crippen LogP contribution in [-0.4, -0.2) is 37.7 Å². The molecule has 0 radical (unpaired) electrons. The van der Waals surface area contributed by atoms with Crippen molar-refractivity contribution in [1.82, 2.24) is 5.32 Å². The van der Waals surface area contributed by atoms with Gasteiger partial charge < -0.3 is 10.4 Å². The van der Waals surface area contributed by atoms with Crippen LogP contribution >= 0.6 is 11.6 Å². The number of carbonyl (C=O) groups is 2. The molecule has 1 amide bonds. The molecule has 0 saturated heterocycles. The molecule has 0 bridgehead atoms. The zero-order chi connectivity index (χ0) is 16.4. The lowest BCUT2D eigenvalue weighted by Gasteiger charge is -2.18. The first-order valence-corrected chi connectivity index (χ1v) is 8.34. The van der Waals surface area contributed by atoms with Gasteiger partial charge in [-0.3, -0.25) is 4.79 Å². The molecular formula is C13H16ClNO5S. The second kappa shape index (κ2) is 6.44. The first-order chi connectivity index (χ1) is 9.54. The molecule has 1 rings (SSSR count). The number of carbonyl (C=O) groups excluding carboxylic acids is 1. The summed E-state index contributed by atoms with van der Waals surface area (Å²) in [4.78, 5) is 22.9. The summed E-state index contributed by atoms with van der Waals surface area (Å²) >= 11 is 5.79. The van der Waals surface area contributed by atoms with E-state index in [1.165, 1.54) is 12.1 Å². The number of rotatable bonds is 5. The van der Waals surface area contributed by atoms with Crippen LogP contribution in [0.1, 0.15) is 24.2 Å². The van der Waals surface area contributed by atoms with E-state index in [-0.39, 0.29) is 21.4 Å². The minimum atomic E-state index is -3.58. The topological polar surface area (TPSA) is 101 Å². The molecule has 6 nitrogen and oxygen atoms in total. The van der Waals surface area contributed by atoms with E-state index in [9.17, 15) is 18.0 Å². The van der Waals surface area contributed by atoms with Gasteiger partial charge >= 0.3 is 5.97 Å². The molecule has 0 aliphatic heterocycles. The van der Waals surface area contributed by atoms with Crippen molar-refractivity contribution in [3.8, 4) is 0 Å². The van der Waals surface area contributed by atoms with E-state index in [0.717, 1.165) is 12.3 Å². The zero-order valence-corrected chi connectivity index (χ0v) is 13.3. The average Bonchev–Trinajstić information content (AvgIpc) is 2.33. The smallest absolute Gasteiger partial charge is 0.326 e. The highest BCUT2D eigenvalue weighted by Crippen LogP contribution is 2.22. The first kappa shape index (κ1) is 17.5. The maximum Gasteiger partial charge on any atom is 0.326 e. The van der Waals surface area contributed by atoms with Crippen molar-refractivity contribution in [3.05, 3.63) is 28.8 Å². The van der Waals surface area contributed by atoms with Crippen LogP contribution in [-0.2, 0) is 14.6 Å². The van der Waals surface area contributed by atoms with Crippen LogP contribution in [0.3, 0.4) is 0 Å². The molecule has 2 N–H and O–H groups in total. The third-order valence-electron chi connectivity index (χ3n) is 2.81. The van der Waals surface area contributed by atoms with Gasteiger partial charge in [0.15, 0.2) is 9.84 Å². The number of aliphatic carboxylic acids is 1. The Kier molecular flexibility index (Phi) is 5.36. The lowest BCUT2D eigenvalue weighted by Crippen LogP contribution is -2.44. The summed E-state index contributed by atoms with van der Waals surface area (Å²) in [5.74, 6) is -2.14. The molecule has 0 spiro atoms. The monoisotopic (exact) mass is 333 g/mol. The summed E-state index contributed by atoms with van der Waals surface area (Å²) in [6.07, 6.45) is 0.976. The van der Waals surface area contributed by atoms with Gasteiger partial charge in [-0.1, -0.05) is 25.4 Å². The van der Waals surface area contributed by atoms with Crippen LogP contribution in [0, 0.1) is 5.92 Å². The minimum absolute atomic E-state index is 0.00712. The van der Waals surface area contributed by atoms with Crippen LogP contribution in [0.5, 0.6) is 0 Å². The highest BCUT2D eigenvalue weighted by Gasteiger charge is 2.24. The van der Waals surface area contributed by atoms with Gasteiger partial charge in [0.2, 0.25) is 0 Å². The van der Waals surface area contributed by atoms with E-state index >= 15 is 0 Å². The van der Waals surface area contributed by atoms with Gasteiger partial charge in [-0.05, 0) is 24.1 Å². The largest absolute Gasteiger partial charge is 0.480 e. The molecule has 0 saturated carbocycles. The normalized spacial score (nSPS) is 13.0. The van der Waals surface area contributed by atoms with Crippen LogP contribution in [0.25, 0.3) is 0 Å². The molecular weight excluding hydrogens is 318 g/mol. The summed E-state index contributed by atoms with van der Waals surface area (Å²) in [7, 11) is -3.58. The van der Waals surface area contributed by atoms with Gasteiger partial charge in [0.1, 0.15) is 6.04 Å². The van der Waals surface area contributed by atoms with Crippen molar-refractivity contribution < 1.29 is 23.1 Å². The average molecular weight is 334 g/mol. The fourth-order valence-electron chi connectivity index (χ4n) is 1.67. The highest BCUT2D eigenvalue weighted by molar-refractivity contribution is 7.90. The Morgan fingerprint density at radius 3 is 2.29 bits per heavy atom. The zero-order valence-electron chi connectivity index (χ0n) is 11.8. The molecule has 21 heavy (non-hydrogen) atoms. The Morgan fingerprint density at radius 2 is 1.86 bits per heavy atom. The Morgan fingerprint density at radius 1 is 1.29 bits per heavy atom. The number of halogens is 1. The first-order valence-electron chi connectivity index (χ1n) is 6.07. The van der Waals surface area contributed by atoms with Crippen molar-refractivity contribution in [2.45, 2.75) is 24.8 Å². The van der Waals surface area contributed by atoms with Crippen molar-refractivity contribution in [2.24, 2.45) is 5.92 Å². The lowest BCUT2D eigenvalue weighted by molar-refractivity contribution is -0.140. The van der Waals surface area contributed by atoms with E-state index in [0.29, 0.717) is 0 Å². The number of amides is 1. The summed E-state index contributed by atoms with van der Waals surface area (Å²) in [5, 5.41) is 11.4. The Hall–Kier alpha value is -1.60. The summed E-state index contributed by atoms with van der Waals surface area (Å²) in [5.41, 5.74) is 0.0340. The summed E-state index contributed by atoms with van der Waals surface area (Å²) < 4.78 is 23.1. The molecule has 0 aliphatic rings. The molecule has 0 aromatic heterocycles. The predicted molar refractivity (Wildman–Crippen MR) is 78.3 cm³/mol. The SMILES string of the molecule is CC(C)[C@@H](NC(=O)c1ccc(Cl)c(S(C)(=O)=O)c1)C(=O)O. The minimum Gasteiger partial charge on any atom is -0.480 e. The number of hydrogen-bond acceptors (Lipinski definition) is 4. The van der Waals surface area contributed by atoms with Crippen LogP contribution in [0.2, 0.25) is 5.02 Å². The van der Waals surface area contributed by atoms with Gasteiger partial charge in [-0.25, -0.2) is 13.2 Å². The van der Waals surface area contributed by atoms with Gasteiger partial charge in [0.05, 0.1) is 9.92 Å². The fourth-order valence-corrected chi connectivity index (χ4v) is 2.97. The van der Waals surface area contributed by atoms with Crippen molar-refractivity contribution in [3.63, 3.8) is 0 Å². The number of carboxylic acids is 1. The standard InChI is InChI=1S/C13H16ClNO5S/c1-7(2)11(13(17)18)15-12(16)8-4-5-9(14)10(6-8)21(3,19)20/h4-7,11H,1-3H3,(H,15,16)(H,17,18)/t11-/m1/s1. The molecule has 1 aromatic rings. The third-order valence-corrected chi connectivity index (χ3v) is 4.39. The Balaban J connectivity index is 3.12. The molecule has 8 heteroatoms. The van der Waals surface area contributed by atoms with Crippen molar-refractivity contribution >= 4 is 33.3 Å². The molecule has 0 heterocycles. The van der Waals surface area contributed by atoms with Gasteiger partial charge in [-0.15, -0.1) is 0 Å². The predicted octanol–water partition coefficient (Wildman–Crippen LogP) is 1.58. The van der Waals surface area contributed by atoms with Crippen molar-refractivity contribution in [1.29, 1.82) is 0 Å². The molecule has 0 aliphatic carbocycles. The van der Waals surface area contributed by atoms with E-state index < -0.39 is 27.8 Å². The van der Waals surface area contributed by atoms with E-state index in [4.69, 9.17) is 16.7 Å². The summed E-state index contributed by atoms with van der Waals surface area (Å²) in [6.45, 7) is 3.31. The van der Waals surface area contributed by atoms with Gasteiger partial charge in [0.25, 0.3) is 5.91 Å². The second-order valence-electron chi connectivity index (χ2n) is 4.95. The van der Waals surface area contributed by atoms with E-state index in [2.05, 4.69) is 5.32 Å². The maximum atomic E-state index is 12.0. The van der Waals surface area contributed by atoms with Crippen LogP contribution in [0.4, 0.5) is 0 Å². The third kappa shape index (κ3) is 4.44. The molecule has 1 aromatic carbocycles. The molecule has 1 atom stereocenters. The number of carboxylic acid groups (broad SMARTS) is 1. The molecule has 116 valence electrons. The number of sulfone groups is 1. The van der Waals surface area contributed by atoms with Gasteiger partial charge in [0, 0.05) is 11.8 Å². The van der Waals surface area contributed by atoms with E-state index in [1.54, 1.807) is 13.8 Å². The quantitative estimate of drug-likeness (QED) is 0.852. The van der Waals surface area contributed by atoms with E-state index in [1.807, 2.05) is 0 Å². The fraction of sp³-hybridized carbons (Fsp3) is 0.385. The highest BCUT2D eigenvalue weighted by atomic mass is 35.5. The molecule has 0 unspecified atom stereocenters. The Bertz CT molecular complexity index is 669. The number of hydrogen-bond donors (Lipinski definition) is 2. The van der Waals surface area contributed by atoms with Crippen LogP contribution < -0.4 is 5.32 Å². The maximum absolute atomic E-state index is 12.0. The number of benzene rings is 1. The Labute approximate surface area is 128 Å². The van der Waals surface area contributed by atoms with Crippen LogP contribution in [0.15, 0.2) is 23.1 Å². The van der Waals surface area contributed by atoms with Crippen molar-refractivity contribution in [2.75, 3.05) is 6.26 Å². The lowest BCUT2D eigenvalue weighted by atomic mass is 10.0. The second-order valence-corrected chi connectivity index (χ2v) is 7.34. The molecule has 0 fully saturated rings.